The molecule has 74 valence electrons. The molecule has 0 amide bonds. The monoisotopic (exact) mass is 189 g/mol. The summed E-state index contributed by atoms with van der Waals surface area (Å²) >= 11 is 0. The van der Waals surface area contributed by atoms with Gasteiger partial charge in [0.2, 0.25) is 0 Å². The summed E-state index contributed by atoms with van der Waals surface area (Å²) in [6, 6.07) is 8.06. The van der Waals surface area contributed by atoms with Gasteiger partial charge >= 0.3 is 0 Å². The number of rotatable bonds is 2. The topological polar surface area (TPSA) is 67.8 Å². The molecular formula is C11H15N3. The Hall–Kier alpha value is -1.32. The summed E-state index contributed by atoms with van der Waals surface area (Å²) in [7, 11) is 0. The third-order valence-corrected chi connectivity index (χ3v) is 2.53. The maximum absolute atomic E-state index is 5.96. The van der Waals surface area contributed by atoms with E-state index in [0.29, 0.717) is 0 Å². The number of fused-ring (bicyclic) bond motifs is 1. The fourth-order valence-electron chi connectivity index (χ4n) is 1.58. The van der Waals surface area contributed by atoms with Crippen molar-refractivity contribution in [1.82, 2.24) is 4.98 Å². The van der Waals surface area contributed by atoms with Gasteiger partial charge in [0.15, 0.2) is 0 Å². The van der Waals surface area contributed by atoms with Crippen LogP contribution in [-0.2, 0) is 0 Å². The summed E-state index contributed by atoms with van der Waals surface area (Å²) in [5.41, 5.74) is 13.9. The van der Waals surface area contributed by atoms with E-state index in [4.69, 9.17) is 11.5 Å². The van der Waals surface area contributed by atoms with Crippen molar-refractivity contribution in [3.8, 4) is 0 Å². The number of aromatic nitrogens is 1. The predicted molar refractivity (Wildman–Crippen MR) is 58.9 cm³/mol. The highest BCUT2D eigenvalue weighted by Crippen LogP contribution is 2.19. The maximum Gasteiger partial charge on any atom is 0.0454 e. The summed E-state index contributed by atoms with van der Waals surface area (Å²) in [4.78, 5) is 3.14. The second kappa shape index (κ2) is 3.44. The lowest BCUT2D eigenvalue weighted by Crippen LogP contribution is -2.30. The van der Waals surface area contributed by atoms with Crippen LogP contribution in [0, 0.1) is 0 Å². The number of nitrogens with one attached hydrogen (secondary N) is 1. The third kappa shape index (κ3) is 1.52. The average molecular weight is 189 g/mol. The van der Waals surface area contributed by atoms with Gasteiger partial charge < -0.3 is 16.5 Å². The molecule has 5 N–H and O–H groups in total. The largest absolute Gasteiger partial charge is 0.361 e. The fraction of sp³-hybridized carbons (Fsp3) is 0.273. The Morgan fingerprint density at radius 1 is 1.21 bits per heavy atom. The second-order valence-electron chi connectivity index (χ2n) is 3.71. The van der Waals surface area contributed by atoms with Gasteiger partial charge in [0.05, 0.1) is 0 Å². The first-order chi connectivity index (χ1) is 6.68. The molecule has 0 aliphatic rings. The van der Waals surface area contributed by atoms with Gasteiger partial charge in [-0.05, 0) is 36.1 Å². The Labute approximate surface area is 83.1 Å². The van der Waals surface area contributed by atoms with E-state index in [0.717, 1.165) is 11.1 Å². The molecule has 0 spiro atoms. The zero-order valence-electron chi connectivity index (χ0n) is 8.20. The Bertz CT molecular complexity index is 431. The lowest BCUT2D eigenvalue weighted by atomic mass is 10.0. The third-order valence-electron chi connectivity index (χ3n) is 2.53. The molecule has 2 atom stereocenters. The Morgan fingerprint density at radius 2 is 2.00 bits per heavy atom. The normalized spacial score (nSPS) is 15.6. The summed E-state index contributed by atoms with van der Waals surface area (Å²) in [6.45, 7) is 1.92. The van der Waals surface area contributed by atoms with Gasteiger partial charge in [-0.3, -0.25) is 0 Å². The number of aromatic amines is 1. The van der Waals surface area contributed by atoms with Crippen LogP contribution < -0.4 is 11.5 Å². The highest BCUT2D eigenvalue weighted by Gasteiger charge is 2.10. The highest BCUT2D eigenvalue weighted by atomic mass is 14.8. The Morgan fingerprint density at radius 3 is 2.71 bits per heavy atom. The van der Waals surface area contributed by atoms with Crippen LogP contribution >= 0.6 is 0 Å². The van der Waals surface area contributed by atoms with E-state index in [2.05, 4.69) is 11.1 Å². The average Bonchev–Trinajstić information content (AvgIpc) is 2.62. The maximum atomic E-state index is 5.96. The molecule has 2 rings (SSSR count). The van der Waals surface area contributed by atoms with Crippen LogP contribution in [0.5, 0.6) is 0 Å². The summed E-state index contributed by atoms with van der Waals surface area (Å²) in [5, 5.41) is 1.18. The lowest BCUT2D eigenvalue weighted by molar-refractivity contribution is 0.589. The molecule has 0 saturated heterocycles. The van der Waals surface area contributed by atoms with Crippen LogP contribution in [0.15, 0.2) is 30.5 Å². The SMILES string of the molecule is C[C@H](N)[C@@H](N)c1ccc2[nH]ccc2c1. The van der Waals surface area contributed by atoms with E-state index in [1.165, 1.54) is 5.39 Å². The smallest absolute Gasteiger partial charge is 0.0454 e. The van der Waals surface area contributed by atoms with Gasteiger partial charge in [-0.2, -0.15) is 0 Å². The van der Waals surface area contributed by atoms with Crippen molar-refractivity contribution in [2.75, 3.05) is 0 Å². The molecule has 2 aromatic rings. The molecule has 0 saturated carbocycles. The predicted octanol–water partition coefficient (Wildman–Crippen LogP) is 1.51. The summed E-state index contributed by atoms with van der Waals surface area (Å²) in [5.74, 6) is 0. The Kier molecular flexibility index (Phi) is 2.27. The van der Waals surface area contributed by atoms with Crippen molar-refractivity contribution in [3.05, 3.63) is 36.0 Å². The van der Waals surface area contributed by atoms with Crippen LogP contribution in [0.1, 0.15) is 18.5 Å². The zero-order valence-corrected chi connectivity index (χ0v) is 8.20. The van der Waals surface area contributed by atoms with Gasteiger partial charge in [-0.25, -0.2) is 0 Å². The number of hydrogen-bond acceptors (Lipinski definition) is 2. The van der Waals surface area contributed by atoms with Crippen molar-refractivity contribution >= 4 is 10.9 Å². The molecule has 0 bridgehead atoms. The molecule has 14 heavy (non-hydrogen) atoms. The number of benzene rings is 1. The standard InChI is InChI=1S/C11H15N3/c1-7(12)11(13)9-2-3-10-8(6-9)4-5-14-10/h2-7,11,14H,12-13H2,1H3/t7-,11+/m0/s1. The fourth-order valence-corrected chi connectivity index (χ4v) is 1.58. The van der Waals surface area contributed by atoms with Gasteiger partial charge in [-0.1, -0.05) is 6.07 Å². The molecule has 0 unspecified atom stereocenters. The van der Waals surface area contributed by atoms with Crippen molar-refractivity contribution in [2.24, 2.45) is 11.5 Å². The quantitative estimate of drug-likeness (QED) is 0.670. The van der Waals surface area contributed by atoms with E-state index >= 15 is 0 Å². The minimum Gasteiger partial charge on any atom is -0.361 e. The van der Waals surface area contributed by atoms with E-state index in [1.54, 1.807) is 0 Å². The van der Waals surface area contributed by atoms with E-state index in [1.807, 2.05) is 31.3 Å². The molecular weight excluding hydrogens is 174 g/mol. The Balaban J connectivity index is 2.43. The first kappa shape index (κ1) is 9.24. The molecule has 1 heterocycles. The number of nitrogens with two attached hydrogens (primary N) is 2. The van der Waals surface area contributed by atoms with Crippen molar-refractivity contribution in [3.63, 3.8) is 0 Å². The van der Waals surface area contributed by atoms with Crippen LogP contribution in [0.25, 0.3) is 10.9 Å². The van der Waals surface area contributed by atoms with Crippen LogP contribution in [0.2, 0.25) is 0 Å². The highest BCUT2D eigenvalue weighted by molar-refractivity contribution is 5.80. The first-order valence-electron chi connectivity index (χ1n) is 4.76. The summed E-state index contributed by atoms with van der Waals surface area (Å²) in [6.07, 6.45) is 1.92. The molecule has 0 radical (unpaired) electrons. The van der Waals surface area contributed by atoms with Crippen molar-refractivity contribution < 1.29 is 0 Å². The molecule has 3 heteroatoms. The van der Waals surface area contributed by atoms with Crippen LogP contribution in [-0.4, -0.2) is 11.0 Å². The van der Waals surface area contributed by atoms with E-state index in [9.17, 15) is 0 Å². The first-order valence-corrected chi connectivity index (χ1v) is 4.76. The zero-order chi connectivity index (χ0) is 10.1. The lowest BCUT2D eigenvalue weighted by Gasteiger charge is -2.15. The van der Waals surface area contributed by atoms with E-state index < -0.39 is 0 Å². The molecule has 1 aromatic heterocycles. The van der Waals surface area contributed by atoms with Crippen LogP contribution in [0.3, 0.4) is 0 Å². The molecule has 0 aliphatic heterocycles. The van der Waals surface area contributed by atoms with Gasteiger partial charge in [-0.15, -0.1) is 0 Å². The minimum absolute atomic E-state index is 0.0219. The van der Waals surface area contributed by atoms with Crippen LogP contribution in [0.4, 0.5) is 0 Å². The van der Waals surface area contributed by atoms with Gasteiger partial charge in [0.1, 0.15) is 0 Å². The molecule has 1 aromatic carbocycles. The van der Waals surface area contributed by atoms with Crippen molar-refractivity contribution in [1.29, 1.82) is 0 Å². The van der Waals surface area contributed by atoms with E-state index in [-0.39, 0.29) is 12.1 Å². The van der Waals surface area contributed by atoms with Crippen molar-refractivity contribution in [2.45, 2.75) is 19.0 Å². The molecule has 0 aliphatic carbocycles. The number of H-pyrrole nitrogens is 1. The van der Waals surface area contributed by atoms with Gasteiger partial charge in [0, 0.05) is 23.8 Å². The molecule has 0 fully saturated rings. The molecule has 3 nitrogen and oxygen atoms in total. The summed E-state index contributed by atoms with van der Waals surface area (Å²) < 4.78 is 0. The minimum atomic E-state index is -0.0886. The number of hydrogen-bond donors (Lipinski definition) is 3. The second-order valence-corrected chi connectivity index (χ2v) is 3.71. The van der Waals surface area contributed by atoms with Gasteiger partial charge in [0.25, 0.3) is 0 Å².